The van der Waals surface area contributed by atoms with Gasteiger partial charge in [-0.2, -0.15) is 0 Å². The summed E-state index contributed by atoms with van der Waals surface area (Å²) >= 11 is 0. The van der Waals surface area contributed by atoms with Crippen molar-refractivity contribution in [3.63, 3.8) is 0 Å². The third-order valence-corrected chi connectivity index (χ3v) is 7.98. The van der Waals surface area contributed by atoms with Crippen molar-refractivity contribution in [1.82, 2.24) is 25.0 Å². The van der Waals surface area contributed by atoms with E-state index >= 15 is 0 Å². The van der Waals surface area contributed by atoms with E-state index in [9.17, 15) is 9.59 Å². The van der Waals surface area contributed by atoms with Crippen LogP contribution in [0.5, 0.6) is 0 Å². The highest BCUT2D eigenvalue weighted by Crippen LogP contribution is 2.33. The Morgan fingerprint density at radius 3 is 2.47 bits per heavy atom. The monoisotopic (exact) mass is 520 g/mol. The second kappa shape index (κ2) is 13.2. The quantitative estimate of drug-likeness (QED) is 0.296. The van der Waals surface area contributed by atoms with Crippen LogP contribution in [0.4, 0.5) is 5.69 Å². The van der Waals surface area contributed by atoms with Crippen LogP contribution >= 0.6 is 0 Å². The molecule has 2 aromatic rings. The smallest absolute Gasteiger partial charge is 0.256 e. The summed E-state index contributed by atoms with van der Waals surface area (Å²) in [5, 5.41) is 6.15. The van der Waals surface area contributed by atoms with E-state index in [1.54, 1.807) is 0 Å². The van der Waals surface area contributed by atoms with Crippen molar-refractivity contribution in [2.45, 2.75) is 39.5 Å². The molecule has 0 radical (unpaired) electrons. The number of fused-ring (bicyclic) bond motifs is 1. The molecule has 1 aromatic carbocycles. The predicted octanol–water partition coefficient (Wildman–Crippen LogP) is 3.13. The van der Waals surface area contributed by atoms with Gasteiger partial charge in [-0.15, -0.1) is 0 Å². The van der Waals surface area contributed by atoms with Crippen LogP contribution in [0.1, 0.15) is 47.3 Å². The summed E-state index contributed by atoms with van der Waals surface area (Å²) in [6.07, 6.45) is 5.32. The number of aryl methyl sites for hydroxylation is 1. The highest BCUT2D eigenvalue weighted by molar-refractivity contribution is 6.34. The number of aromatic amines is 1. The minimum Gasteiger partial charge on any atom is -0.359 e. The van der Waals surface area contributed by atoms with Gasteiger partial charge in [0.05, 0.1) is 5.57 Å². The fraction of sp³-hybridized carbons (Fsp3) is 0.533. The number of rotatable bonds is 12. The van der Waals surface area contributed by atoms with Gasteiger partial charge in [-0.1, -0.05) is 18.2 Å². The van der Waals surface area contributed by atoms with Crippen molar-refractivity contribution < 1.29 is 9.59 Å². The normalized spacial score (nSPS) is 17.2. The summed E-state index contributed by atoms with van der Waals surface area (Å²) in [5.41, 5.74) is 6.70. The molecule has 206 valence electrons. The average molecular weight is 521 g/mol. The number of nitrogens with zero attached hydrogens (tertiary/aromatic N) is 3. The zero-order chi connectivity index (χ0) is 27.1. The topological polar surface area (TPSA) is 83.7 Å². The average Bonchev–Trinajstić information content (AvgIpc) is 3.37. The summed E-state index contributed by atoms with van der Waals surface area (Å²) < 4.78 is 0. The maximum atomic E-state index is 12.9. The molecule has 2 amide bonds. The van der Waals surface area contributed by atoms with Crippen molar-refractivity contribution in [2.24, 2.45) is 0 Å². The minimum absolute atomic E-state index is 0.0809. The Morgan fingerprint density at radius 2 is 1.76 bits per heavy atom. The number of hydrogen-bond donors (Lipinski definition) is 3. The lowest BCUT2D eigenvalue weighted by atomic mass is 10.0. The van der Waals surface area contributed by atoms with Crippen LogP contribution in [0.2, 0.25) is 0 Å². The molecular formula is C30H44N6O2. The number of carbonyl (C=O) groups is 2. The van der Waals surface area contributed by atoms with Gasteiger partial charge in [-0.3, -0.25) is 9.59 Å². The first-order valence-corrected chi connectivity index (χ1v) is 14.0. The molecule has 2 aliphatic heterocycles. The van der Waals surface area contributed by atoms with Gasteiger partial charge >= 0.3 is 0 Å². The molecule has 38 heavy (non-hydrogen) atoms. The maximum Gasteiger partial charge on any atom is 0.256 e. The van der Waals surface area contributed by atoms with Crippen LogP contribution in [0.25, 0.3) is 11.6 Å². The molecule has 2 aliphatic rings. The lowest BCUT2D eigenvalue weighted by molar-refractivity contribution is -0.130. The van der Waals surface area contributed by atoms with Crippen molar-refractivity contribution in [1.29, 1.82) is 0 Å². The van der Waals surface area contributed by atoms with Crippen LogP contribution in [0, 0.1) is 13.8 Å². The number of aromatic nitrogens is 1. The molecule has 1 aromatic heterocycles. The highest BCUT2D eigenvalue weighted by Gasteiger charge is 2.24. The van der Waals surface area contributed by atoms with Gasteiger partial charge in [0, 0.05) is 68.8 Å². The fourth-order valence-electron chi connectivity index (χ4n) is 5.56. The first-order valence-electron chi connectivity index (χ1n) is 14.0. The van der Waals surface area contributed by atoms with E-state index in [0.29, 0.717) is 18.4 Å². The molecule has 0 unspecified atom stereocenters. The maximum absolute atomic E-state index is 12.9. The standard InChI is InChI=1S/C30H44N6O2/c1-22-24(23(2)32-28(22)21-26-25-9-5-6-10-27(25)33-30(26)38)11-12-29(37)34(4)14-8-16-36-19-17-35(18-20-36)15-7-13-31-3/h5-6,9-10,21,31-32H,7-8,11-20H2,1-4H3,(H,33,38). The Hall–Kier alpha value is -2.94. The van der Waals surface area contributed by atoms with Crippen molar-refractivity contribution in [3.8, 4) is 0 Å². The van der Waals surface area contributed by atoms with Crippen LogP contribution in [0.3, 0.4) is 0 Å². The first kappa shape index (κ1) is 28.1. The number of nitrogens with one attached hydrogen (secondary N) is 3. The largest absolute Gasteiger partial charge is 0.359 e. The Morgan fingerprint density at radius 1 is 1.08 bits per heavy atom. The van der Waals surface area contributed by atoms with E-state index < -0.39 is 0 Å². The number of anilines is 1. The molecule has 0 saturated carbocycles. The zero-order valence-electron chi connectivity index (χ0n) is 23.5. The Kier molecular flexibility index (Phi) is 9.77. The number of piperazine rings is 1. The Balaban J connectivity index is 1.23. The van der Waals surface area contributed by atoms with Gasteiger partial charge in [-0.05, 0) is 83.1 Å². The first-order chi connectivity index (χ1) is 18.4. The van der Waals surface area contributed by atoms with Gasteiger partial charge in [0.2, 0.25) is 5.91 Å². The lowest BCUT2D eigenvalue weighted by Crippen LogP contribution is -2.47. The molecule has 8 heteroatoms. The number of para-hydroxylation sites is 1. The molecule has 3 N–H and O–H groups in total. The van der Waals surface area contributed by atoms with E-state index in [1.807, 2.05) is 56.3 Å². The van der Waals surface area contributed by atoms with Crippen molar-refractivity contribution >= 4 is 29.2 Å². The third-order valence-electron chi connectivity index (χ3n) is 7.98. The number of hydrogen-bond acceptors (Lipinski definition) is 5. The summed E-state index contributed by atoms with van der Waals surface area (Å²) in [4.78, 5) is 35.8. The molecule has 0 bridgehead atoms. The lowest BCUT2D eigenvalue weighted by Gasteiger charge is -2.35. The van der Waals surface area contributed by atoms with Crippen molar-refractivity contribution in [2.75, 3.05) is 71.8 Å². The predicted molar refractivity (Wildman–Crippen MR) is 155 cm³/mol. The van der Waals surface area contributed by atoms with E-state index in [4.69, 9.17) is 0 Å². The third kappa shape index (κ3) is 6.92. The summed E-state index contributed by atoms with van der Waals surface area (Å²) in [6.45, 7) is 12.7. The number of H-pyrrole nitrogens is 1. The second-order valence-corrected chi connectivity index (χ2v) is 10.6. The minimum atomic E-state index is -0.0809. The Bertz CT molecular complexity index is 1150. The van der Waals surface area contributed by atoms with E-state index in [2.05, 4.69) is 32.3 Å². The highest BCUT2D eigenvalue weighted by atomic mass is 16.2. The van der Waals surface area contributed by atoms with Gasteiger partial charge in [0.25, 0.3) is 5.91 Å². The molecule has 0 spiro atoms. The van der Waals surface area contributed by atoms with Gasteiger partial charge in [-0.25, -0.2) is 0 Å². The molecule has 8 nitrogen and oxygen atoms in total. The van der Waals surface area contributed by atoms with Gasteiger partial charge < -0.3 is 30.3 Å². The number of benzene rings is 1. The van der Waals surface area contributed by atoms with Crippen LogP contribution in [-0.2, 0) is 16.0 Å². The van der Waals surface area contributed by atoms with Crippen LogP contribution in [0.15, 0.2) is 24.3 Å². The molecule has 3 heterocycles. The summed E-state index contributed by atoms with van der Waals surface area (Å²) in [6, 6.07) is 7.75. The number of carbonyl (C=O) groups excluding carboxylic acids is 2. The summed E-state index contributed by atoms with van der Waals surface area (Å²) in [5.74, 6) is 0.103. The fourth-order valence-corrected chi connectivity index (χ4v) is 5.56. The van der Waals surface area contributed by atoms with Gasteiger partial charge in [0.1, 0.15) is 0 Å². The molecular weight excluding hydrogens is 476 g/mol. The van der Waals surface area contributed by atoms with Crippen LogP contribution in [-0.4, -0.2) is 98.0 Å². The summed E-state index contributed by atoms with van der Waals surface area (Å²) in [7, 11) is 3.93. The molecule has 1 saturated heterocycles. The van der Waals surface area contributed by atoms with E-state index in [1.165, 1.54) is 13.0 Å². The Labute approximate surface area is 227 Å². The van der Waals surface area contributed by atoms with Gasteiger partial charge in [0.15, 0.2) is 0 Å². The SMILES string of the molecule is CNCCCN1CCN(CCCN(C)C(=O)CCc2c(C)[nH]c(C=C3C(=O)Nc4ccccc43)c2C)CC1. The van der Waals surface area contributed by atoms with Crippen molar-refractivity contribution in [3.05, 3.63) is 52.3 Å². The molecule has 0 aliphatic carbocycles. The van der Waals surface area contributed by atoms with E-state index in [0.717, 1.165) is 86.0 Å². The van der Waals surface area contributed by atoms with E-state index in [-0.39, 0.29) is 11.8 Å². The zero-order valence-corrected chi connectivity index (χ0v) is 23.5. The molecule has 0 atom stereocenters. The second-order valence-electron chi connectivity index (χ2n) is 10.6. The van der Waals surface area contributed by atoms with Crippen LogP contribution < -0.4 is 10.6 Å². The number of amides is 2. The molecule has 4 rings (SSSR count). The molecule has 1 fully saturated rings.